The molecule has 24 heavy (non-hydrogen) atoms. The summed E-state index contributed by atoms with van der Waals surface area (Å²) in [6.07, 6.45) is 0. The number of hydrogen-bond donors (Lipinski definition) is 2. The van der Waals surface area contributed by atoms with Gasteiger partial charge in [0.05, 0.1) is 29.1 Å². The molecule has 2 aromatic heterocycles. The normalized spacial score (nSPS) is 9.88. The zero-order valence-corrected chi connectivity index (χ0v) is 16.1. The number of anilines is 3. The number of rotatable bonds is 5. The number of aryl methyl sites for hydroxylation is 1. The van der Waals surface area contributed by atoms with Crippen molar-refractivity contribution < 1.29 is 4.74 Å². The molecule has 0 aliphatic heterocycles. The van der Waals surface area contributed by atoms with E-state index >= 15 is 0 Å². The lowest BCUT2D eigenvalue weighted by molar-refractivity contribution is 0.417. The maximum absolute atomic E-state index is 5.34. The number of aromatic nitrogens is 2. The highest BCUT2D eigenvalue weighted by Gasteiger charge is 2.13. The van der Waals surface area contributed by atoms with Crippen molar-refractivity contribution in [1.82, 2.24) is 9.97 Å². The van der Waals surface area contributed by atoms with Gasteiger partial charge in [0.15, 0.2) is 10.3 Å². The van der Waals surface area contributed by atoms with E-state index in [2.05, 4.69) is 20.6 Å². The Morgan fingerprint density at radius 1 is 1.08 bits per heavy atom. The predicted octanol–water partition coefficient (Wildman–Crippen LogP) is 5.40. The molecule has 0 amide bonds. The Morgan fingerprint density at radius 2 is 1.83 bits per heavy atom. The van der Waals surface area contributed by atoms with Gasteiger partial charge in [0.1, 0.15) is 5.75 Å². The molecule has 7 heteroatoms. The molecule has 0 unspecified atom stereocenters. The Labute approximate surface area is 150 Å². The van der Waals surface area contributed by atoms with Gasteiger partial charge in [-0.3, -0.25) is 0 Å². The molecule has 0 radical (unpaired) electrons. The average Bonchev–Trinajstić information content (AvgIpc) is 3.23. The molecule has 0 atom stereocenters. The van der Waals surface area contributed by atoms with Gasteiger partial charge in [0.2, 0.25) is 0 Å². The number of para-hydroxylation sites is 2. The number of thiazole rings is 2. The second-order valence-electron chi connectivity index (χ2n) is 4.55. The maximum atomic E-state index is 5.34. The monoisotopic (exact) mass is 362 g/mol. The quantitative estimate of drug-likeness (QED) is 0.637. The SMILES string of the molecule is CC.CNc1nc(C)c(-c2csc(Nc3ccccc3OC)n2)s1. The number of hydrogen-bond acceptors (Lipinski definition) is 7. The highest BCUT2D eigenvalue weighted by Crippen LogP contribution is 2.36. The third-order valence-corrected chi connectivity index (χ3v) is 5.05. The van der Waals surface area contributed by atoms with Crippen LogP contribution in [0.4, 0.5) is 16.0 Å². The first-order valence-electron chi connectivity index (χ1n) is 7.72. The predicted molar refractivity (Wildman–Crippen MR) is 105 cm³/mol. The Bertz CT molecular complexity index is 783. The van der Waals surface area contributed by atoms with Gasteiger partial charge in [0.25, 0.3) is 0 Å². The van der Waals surface area contributed by atoms with Crippen LogP contribution in [0.1, 0.15) is 19.5 Å². The smallest absolute Gasteiger partial charge is 0.187 e. The van der Waals surface area contributed by atoms with Crippen LogP contribution < -0.4 is 15.4 Å². The van der Waals surface area contributed by atoms with E-state index in [4.69, 9.17) is 4.74 Å². The summed E-state index contributed by atoms with van der Waals surface area (Å²) in [5.41, 5.74) is 2.84. The third-order valence-electron chi connectivity index (χ3n) is 3.10. The van der Waals surface area contributed by atoms with Crippen LogP contribution in [-0.2, 0) is 0 Å². The van der Waals surface area contributed by atoms with Crippen molar-refractivity contribution in [1.29, 1.82) is 0 Å². The van der Waals surface area contributed by atoms with E-state index in [-0.39, 0.29) is 0 Å². The summed E-state index contributed by atoms with van der Waals surface area (Å²) in [4.78, 5) is 10.2. The van der Waals surface area contributed by atoms with Crippen LogP contribution in [0.3, 0.4) is 0 Å². The van der Waals surface area contributed by atoms with E-state index in [1.165, 1.54) is 0 Å². The first-order valence-corrected chi connectivity index (χ1v) is 9.42. The van der Waals surface area contributed by atoms with Crippen molar-refractivity contribution in [2.24, 2.45) is 0 Å². The lowest BCUT2D eigenvalue weighted by Crippen LogP contribution is -1.93. The highest BCUT2D eigenvalue weighted by molar-refractivity contribution is 7.19. The Hall–Kier alpha value is -2.12. The van der Waals surface area contributed by atoms with Gasteiger partial charge in [-0.1, -0.05) is 37.3 Å². The molecule has 0 saturated heterocycles. The summed E-state index contributed by atoms with van der Waals surface area (Å²) in [6.45, 7) is 6.00. The fourth-order valence-electron chi connectivity index (χ4n) is 2.04. The van der Waals surface area contributed by atoms with Crippen LogP contribution in [0.15, 0.2) is 29.6 Å². The first kappa shape index (κ1) is 18.2. The number of methoxy groups -OCH3 is 1. The lowest BCUT2D eigenvalue weighted by Gasteiger charge is -2.07. The molecule has 0 saturated carbocycles. The molecular formula is C17H22N4OS2. The standard InChI is InChI=1S/C15H16N4OS2.C2H6/c1-9-13(22-14(16-2)17-9)11-8-21-15(19-11)18-10-6-4-5-7-12(10)20-3;1-2/h4-8H,1-3H3,(H,16,17)(H,18,19);1-2H3. The van der Waals surface area contributed by atoms with E-state index in [0.717, 1.165) is 38.0 Å². The zero-order chi connectivity index (χ0) is 17.5. The Morgan fingerprint density at radius 3 is 2.50 bits per heavy atom. The van der Waals surface area contributed by atoms with E-state index in [1.807, 2.05) is 57.5 Å². The highest BCUT2D eigenvalue weighted by atomic mass is 32.1. The molecule has 5 nitrogen and oxygen atoms in total. The van der Waals surface area contributed by atoms with Crippen molar-refractivity contribution in [2.45, 2.75) is 20.8 Å². The minimum atomic E-state index is 0.797. The fourth-order valence-corrected chi connectivity index (χ4v) is 3.71. The summed E-state index contributed by atoms with van der Waals surface area (Å²) in [6, 6.07) is 7.80. The molecule has 0 aliphatic carbocycles. The zero-order valence-electron chi connectivity index (χ0n) is 14.5. The van der Waals surface area contributed by atoms with Crippen molar-refractivity contribution in [2.75, 3.05) is 24.8 Å². The molecule has 128 valence electrons. The van der Waals surface area contributed by atoms with Crippen molar-refractivity contribution in [3.05, 3.63) is 35.3 Å². The molecule has 0 aliphatic rings. The summed E-state index contributed by atoms with van der Waals surface area (Å²) >= 11 is 3.17. The molecule has 1 aromatic carbocycles. The maximum Gasteiger partial charge on any atom is 0.187 e. The molecule has 3 aromatic rings. The van der Waals surface area contributed by atoms with Gasteiger partial charge < -0.3 is 15.4 Å². The third kappa shape index (κ3) is 4.04. The van der Waals surface area contributed by atoms with E-state index in [1.54, 1.807) is 29.8 Å². The minimum absolute atomic E-state index is 0.797. The van der Waals surface area contributed by atoms with Crippen molar-refractivity contribution >= 4 is 38.6 Å². The second kappa shape index (κ2) is 8.65. The van der Waals surface area contributed by atoms with E-state index in [0.29, 0.717) is 0 Å². The Balaban J connectivity index is 0.00000100. The van der Waals surface area contributed by atoms with Gasteiger partial charge >= 0.3 is 0 Å². The molecule has 0 fully saturated rings. The van der Waals surface area contributed by atoms with Crippen LogP contribution in [0, 0.1) is 6.92 Å². The van der Waals surface area contributed by atoms with Gasteiger partial charge in [0, 0.05) is 12.4 Å². The van der Waals surface area contributed by atoms with Gasteiger partial charge in [-0.25, -0.2) is 9.97 Å². The first-order chi connectivity index (χ1) is 11.7. The average molecular weight is 363 g/mol. The minimum Gasteiger partial charge on any atom is -0.495 e. The van der Waals surface area contributed by atoms with Gasteiger partial charge in [-0.05, 0) is 19.1 Å². The molecule has 3 rings (SSSR count). The van der Waals surface area contributed by atoms with Crippen LogP contribution in [0.2, 0.25) is 0 Å². The number of nitrogens with one attached hydrogen (secondary N) is 2. The van der Waals surface area contributed by atoms with Gasteiger partial charge in [-0.2, -0.15) is 0 Å². The lowest BCUT2D eigenvalue weighted by atomic mass is 10.3. The number of ether oxygens (including phenoxy) is 1. The summed E-state index contributed by atoms with van der Waals surface area (Å²) < 4.78 is 5.34. The van der Waals surface area contributed by atoms with E-state index in [9.17, 15) is 0 Å². The fraction of sp³-hybridized carbons (Fsp3) is 0.294. The molecule has 0 bridgehead atoms. The number of benzene rings is 1. The summed E-state index contributed by atoms with van der Waals surface area (Å²) in [5.74, 6) is 0.797. The molecule has 2 N–H and O–H groups in total. The van der Waals surface area contributed by atoms with Gasteiger partial charge in [-0.15, -0.1) is 11.3 Å². The largest absolute Gasteiger partial charge is 0.495 e. The molecular weight excluding hydrogens is 340 g/mol. The van der Waals surface area contributed by atoms with Crippen LogP contribution in [0.25, 0.3) is 10.6 Å². The summed E-state index contributed by atoms with van der Waals surface area (Å²) in [7, 11) is 3.53. The Kier molecular flexibility index (Phi) is 6.57. The number of nitrogens with zero attached hydrogens (tertiary/aromatic N) is 2. The van der Waals surface area contributed by atoms with Crippen LogP contribution in [0.5, 0.6) is 5.75 Å². The van der Waals surface area contributed by atoms with Crippen molar-refractivity contribution in [3.8, 4) is 16.3 Å². The molecule has 2 heterocycles. The van der Waals surface area contributed by atoms with Crippen molar-refractivity contribution in [3.63, 3.8) is 0 Å². The summed E-state index contributed by atoms with van der Waals surface area (Å²) in [5, 5.41) is 10.1. The topological polar surface area (TPSA) is 59.1 Å². The second-order valence-corrected chi connectivity index (χ2v) is 6.40. The van der Waals surface area contributed by atoms with E-state index < -0.39 is 0 Å². The van der Waals surface area contributed by atoms with Crippen LogP contribution in [-0.4, -0.2) is 24.1 Å². The van der Waals surface area contributed by atoms with Crippen LogP contribution >= 0.6 is 22.7 Å². The molecule has 0 spiro atoms.